The number of hydrogen-bond acceptors (Lipinski definition) is 0. The first-order valence-corrected chi connectivity index (χ1v) is 6.08. The third-order valence-electron chi connectivity index (χ3n) is 2.85. The van der Waals surface area contributed by atoms with E-state index in [0.717, 1.165) is 5.92 Å². The van der Waals surface area contributed by atoms with Gasteiger partial charge < -0.3 is 0 Å². The molecule has 1 aromatic carbocycles. The van der Waals surface area contributed by atoms with Gasteiger partial charge in [0.05, 0.1) is 0 Å². The summed E-state index contributed by atoms with van der Waals surface area (Å²) in [6.45, 7) is 4.56. The van der Waals surface area contributed by atoms with E-state index in [1.54, 1.807) is 0 Å². The van der Waals surface area contributed by atoms with Crippen molar-refractivity contribution in [2.45, 2.75) is 39.5 Å². The van der Waals surface area contributed by atoms with Crippen LogP contribution >= 0.6 is 0 Å². The molecule has 0 bridgehead atoms. The van der Waals surface area contributed by atoms with Crippen LogP contribution in [0.5, 0.6) is 0 Å². The van der Waals surface area contributed by atoms with Gasteiger partial charge in [-0.3, -0.25) is 0 Å². The third-order valence-corrected chi connectivity index (χ3v) is 2.85. The van der Waals surface area contributed by atoms with Crippen molar-refractivity contribution >= 4 is 6.08 Å². The van der Waals surface area contributed by atoms with E-state index in [1.165, 1.54) is 31.2 Å². The first-order valence-electron chi connectivity index (χ1n) is 6.08. The zero-order valence-corrected chi connectivity index (χ0v) is 9.95. The van der Waals surface area contributed by atoms with Gasteiger partial charge in [0.15, 0.2) is 0 Å². The maximum atomic E-state index is 2.32. The molecule has 0 heterocycles. The average Bonchev–Trinajstić information content (AvgIpc) is 2.29. The summed E-state index contributed by atoms with van der Waals surface area (Å²) >= 11 is 0. The van der Waals surface area contributed by atoms with Crippen molar-refractivity contribution in [1.29, 1.82) is 0 Å². The van der Waals surface area contributed by atoms with Crippen LogP contribution in [0.4, 0.5) is 0 Å². The van der Waals surface area contributed by atoms with Gasteiger partial charge >= 0.3 is 0 Å². The smallest absolute Gasteiger partial charge is 0.0260 e. The van der Waals surface area contributed by atoms with Gasteiger partial charge in [0.1, 0.15) is 0 Å². The summed E-state index contributed by atoms with van der Waals surface area (Å²) in [5, 5.41) is 0. The Morgan fingerprint density at radius 2 is 1.87 bits per heavy atom. The van der Waals surface area contributed by atoms with Crippen molar-refractivity contribution < 1.29 is 0 Å². The monoisotopic (exact) mass is 202 g/mol. The molecule has 0 N–H and O–H groups in total. The van der Waals surface area contributed by atoms with Crippen molar-refractivity contribution in [3.8, 4) is 0 Å². The first kappa shape index (κ1) is 12.0. The summed E-state index contributed by atoms with van der Waals surface area (Å²) in [5.41, 5.74) is 1.31. The molecule has 0 aliphatic rings. The standard InChI is InChI=1S/C15H22/c1-3-9-14(4-2)12-8-13-15-10-6-5-7-11-15/h5-8,10-11,13-14H,3-4,9,12H2,1-2H3. The first-order chi connectivity index (χ1) is 7.36. The van der Waals surface area contributed by atoms with Crippen molar-refractivity contribution in [3.05, 3.63) is 42.0 Å². The van der Waals surface area contributed by atoms with Crippen molar-refractivity contribution in [3.63, 3.8) is 0 Å². The topological polar surface area (TPSA) is 0 Å². The lowest BCUT2D eigenvalue weighted by atomic mass is 9.96. The summed E-state index contributed by atoms with van der Waals surface area (Å²) in [5.74, 6) is 0.870. The fourth-order valence-corrected chi connectivity index (χ4v) is 1.86. The fraction of sp³-hybridized carbons (Fsp3) is 0.467. The minimum atomic E-state index is 0.870. The Morgan fingerprint density at radius 1 is 1.13 bits per heavy atom. The Balaban J connectivity index is 2.38. The van der Waals surface area contributed by atoms with Crippen molar-refractivity contribution in [2.24, 2.45) is 5.92 Å². The maximum absolute atomic E-state index is 2.32. The van der Waals surface area contributed by atoms with Gasteiger partial charge in [-0.05, 0) is 17.9 Å². The molecule has 0 amide bonds. The van der Waals surface area contributed by atoms with E-state index in [1.807, 2.05) is 0 Å². The van der Waals surface area contributed by atoms with E-state index >= 15 is 0 Å². The van der Waals surface area contributed by atoms with Gasteiger partial charge in [-0.25, -0.2) is 0 Å². The minimum Gasteiger partial charge on any atom is -0.0837 e. The molecule has 0 nitrogen and oxygen atoms in total. The summed E-state index contributed by atoms with van der Waals surface area (Å²) in [7, 11) is 0. The molecule has 0 fully saturated rings. The predicted octanol–water partition coefficient (Wildman–Crippen LogP) is 4.92. The van der Waals surface area contributed by atoms with Crippen molar-refractivity contribution in [2.75, 3.05) is 0 Å². The zero-order valence-electron chi connectivity index (χ0n) is 9.95. The number of rotatable bonds is 6. The number of hydrogen-bond donors (Lipinski definition) is 0. The highest BCUT2D eigenvalue weighted by atomic mass is 14.1. The fourth-order valence-electron chi connectivity index (χ4n) is 1.86. The van der Waals surface area contributed by atoms with Crippen LogP contribution in [0.3, 0.4) is 0 Å². The molecule has 1 atom stereocenters. The quantitative estimate of drug-likeness (QED) is 0.614. The van der Waals surface area contributed by atoms with Gasteiger partial charge in [0.2, 0.25) is 0 Å². The van der Waals surface area contributed by atoms with Gasteiger partial charge in [-0.2, -0.15) is 0 Å². The second-order valence-corrected chi connectivity index (χ2v) is 4.11. The summed E-state index contributed by atoms with van der Waals surface area (Å²) in [6.07, 6.45) is 9.73. The highest BCUT2D eigenvalue weighted by molar-refractivity contribution is 5.48. The molecule has 0 spiro atoms. The number of allylic oxidation sites excluding steroid dienone is 1. The van der Waals surface area contributed by atoms with Crippen LogP contribution in [0, 0.1) is 5.92 Å². The SMILES string of the molecule is CCCC(CC)CC=Cc1ccccc1. The Labute approximate surface area is 94.0 Å². The van der Waals surface area contributed by atoms with Crippen LogP contribution in [0.15, 0.2) is 36.4 Å². The van der Waals surface area contributed by atoms with Gasteiger partial charge in [-0.15, -0.1) is 0 Å². The molecule has 0 aromatic heterocycles. The lowest BCUT2D eigenvalue weighted by molar-refractivity contribution is 0.471. The van der Waals surface area contributed by atoms with Crippen LogP contribution in [-0.4, -0.2) is 0 Å². The molecule has 0 heteroatoms. The largest absolute Gasteiger partial charge is 0.0837 e. The molecular formula is C15H22. The molecular weight excluding hydrogens is 180 g/mol. The maximum Gasteiger partial charge on any atom is -0.0260 e. The van der Waals surface area contributed by atoms with E-state index in [0.29, 0.717) is 0 Å². The highest BCUT2D eigenvalue weighted by Gasteiger charge is 2.01. The second kappa shape index (κ2) is 7.28. The molecule has 0 aliphatic carbocycles. The second-order valence-electron chi connectivity index (χ2n) is 4.11. The molecule has 0 radical (unpaired) electrons. The van der Waals surface area contributed by atoms with Crippen LogP contribution in [-0.2, 0) is 0 Å². The highest BCUT2D eigenvalue weighted by Crippen LogP contribution is 2.16. The Morgan fingerprint density at radius 3 is 2.47 bits per heavy atom. The Kier molecular flexibility index (Phi) is 5.84. The molecule has 1 rings (SSSR count). The Hall–Kier alpha value is -1.04. The lowest BCUT2D eigenvalue weighted by Gasteiger charge is -2.09. The molecule has 1 unspecified atom stereocenters. The third kappa shape index (κ3) is 4.83. The summed E-state index contributed by atoms with van der Waals surface area (Å²) in [4.78, 5) is 0. The Bertz CT molecular complexity index is 271. The minimum absolute atomic E-state index is 0.870. The van der Waals surface area contributed by atoms with Gasteiger partial charge in [0.25, 0.3) is 0 Å². The van der Waals surface area contributed by atoms with E-state index in [4.69, 9.17) is 0 Å². The molecule has 15 heavy (non-hydrogen) atoms. The predicted molar refractivity (Wildman–Crippen MR) is 68.8 cm³/mol. The molecule has 0 aliphatic heterocycles. The van der Waals surface area contributed by atoms with E-state index in [2.05, 4.69) is 56.3 Å². The molecule has 1 aromatic rings. The molecule has 82 valence electrons. The van der Waals surface area contributed by atoms with Crippen molar-refractivity contribution in [1.82, 2.24) is 0 Å². The van der Waals surface area contributed by atoms with E-state index in [9.17, 15) is 0 Å². The average molecular weight is 202 g/mol. The normalized spacial score (nSPS) is 13.2. The van der Waals surface area contributed by atoms with E-state index < -0.39 is 0 Å². The van der Waals surface area contributed by atoms with Crippen LogP contribution in [0.2, 0.25) is 0 Å². The van der Waals surface area contributed by atoms with Gasteiger partial charge in [-0.1, -0.05) is 75.6 Å². The van der Waals surface area contributed by atoms with Gasteiger partial charge in [0, 0.05) is 0 Å². The number of benzene rings is 1. The lowest BCUT2D eigenvalue weighted by Crippen LogP contribution is -1.95. The van der Waals surface area contributed by atoms with Crippen LogP contribution < -0.4 is 0 Å². The molecule has 0 saturated heterocycles. The summed E-state index contributed by atoms with van der Waals surface area (Å²) in [6, 6.07) is 10.5. The van der Waals surface area contributed by atoms with Crippen LogP contribution in [0.25, 0.3) is 6.08 Å². The summed E-state index contributed by atoms with van der Waals surface area (Å²) < 4.78 is 0. The van der Waals surface area contributed by atoms with E-state index in [-0.39, 0.29) is 0 Å². The zero-order chi connectivity index (χ0) is 10.9. The molecule has 0 saturated carbocycles. The van der Waals surface area contributed by atoms with Crippen LogP contribution in [0.1, 0.15) is 45.1 Å².